The molecule has 1 aliphatic heterocycles. The SMILES string of the molecule is CC(C1CC1)N(C)S(=O)(=O)N1CCC(CCl)CC1. The summed E-state index contributed by atoms with van der Waals surface area (Å²) in [6.45, 7) is 3.24. The summed E-state index contributed by atoms with van der Waals surface area (Å²) in [4.78, 5) is 0. The molecular formula is C12H23ClN2O2S. The van der Waals surface area contributed by atoms with E-state index in [1.807, 2.05) is 6.92 Å². The van der Waals surface area contributed by atoms with Gasteiger partial charge >= 0.3 is 0 Å². The van der Waals surface area contributed by atoms with Gasteiger partial charge in [0.1, 0.15) is 0 Å². The quantitative estimate of drug-likeness (QED) is 0.727. The third-order valence-corrected chi connectivity index (χ3v) is 6.87. The summed E-state index contributed by atoms with van der Waals surface area (Å²) in [5.74, 6) is 1.68. The molecule has 0 aromatic carbocycles. The van der Waals surface area contributed by atoms with Crippen LogP contribution in [0.3, 0.4) is 0 Å². The van der Waals surface area contributed by atoms with Crippen LogP contribution < -0.4 is 0 Å². The van der Waals surface area contributed by atoms with E-state index < -0.39 is 10.2 Å². The van der Waals surface area contributed by atoms with Gasteiger partial charge in [0.15, 0.2) is 0 Å². The molecule has 4 nitrogen and oxygen atoms in total. The van der Waals surface area contributed by atoms with Crippen molar-refractivity contribution in [1.82, 2.24) is 8.61 Å². The molecule has 0 spiro atoms. The van der Waals surface area contributed by atoms with Crippen molar-refractivity contribution in [2.24, 2.45) is 11.8 Å². The van der Waals surface area contributed by atoms with Crippen molar-refractivity contribution in [2.75, 3.05) is 26.0 Å². The van der Waals surface area contributed by atoms with Crippen LogP contribution >= 0.6 is 11.6 Å². The van der Waals surface area contributed by atoms with Crippen molar-refractivity contribution in [3.8, 4) is 0 Å². The van der Waals surface area contributed by atoms with Gasteiger partial charge in [-0.15, -0.1) is 11.6 Å². The van der Waals surface area contributed by atoms with Gasteiger partial charge in [0, 0.05) is 32.1 Å². The van der Waals surface area contributed by atoms with Crippen molar-refractivity contribution in [3.05, 3.63) is 0 Å². The van der Waals surface area contributed by atoms with Crippen LogP contribution in [0.5, 0.6) is 0 Å². The number of alkyl halides is 1. The minimum atomic E-state index is -3.27. The minimum Gasteiger partial charge on any atom is -0.195 e. The molecular weight excluding hydrogens is 272 g/mol. The Morgan fingerprint density at radius 1 is 1.28 bits per heavy atom. The zero-order valence-electron chi connectivity index (χ0n) is 11.2. The Labute approximate surface area is 115 Å². The summed E-state index contributed by atoms with van der Waals surface area (Å²) >= 11 is 5.83. The third kappa shape index (κ3) is 3.00. The average molecular weight is 295 g/mol. The molecule has 1 saturated carbocycles. The molecule has 2 rings (SSSR count). The number of piperidine rings is 1. The lowest BCUT2D eigenvalue weighted by atomic mass is 10.0. The molecule has 18 heavy (non-hydrogen) atoms. The van der Waals surface area contributed by atoms with Crippen LogP contribution in [-0.2, 0) is 10.2 Å². The van der Waals surface area contributed by atoms with Crippen molar-refractivity contribution < 1.29 is 8.42 Å². The van der Waals surface area contributed by atoms with Gasteiger partial charge in [0.05, 0.1) is 0 Å². The van der Waals surface area contributed by atoms with Crippen LogP contribution in [0.2, 0.25) is 0 Å². The molecule has 0 N–H and O–H groups in total. The molecule has 6 heteroatoms. The monoisotopic (exact) mass is 294 g/mol. The Morgan fingerprint density at radius 2 is 1.83 bits per heavy atom. The van der Waals surface area contributed by atoms with E-state index in [0.717, 1.165) is 25.7 Å². The molecule has 0 radical (unpaired) electrons. The maximum atomic E-state index is 12.5. The van der Waals surface area contributed by atoms with Gasteiger partial charge in [0.25, 0.3) is 10.2 Å². The lowest BCUT2D eigenvalue weighted by molar-refractivity contribution is 0.256. The Morgan fingerprint density at radius 3 is 2.28 bits per heavy atom. The van der Waals surface area contributed by atoms with E-state index in [4.69, 9.17) is 11.6 Å². The maximum absolute atomic E-state index is 12.5. The van der Waals surface area contributed by atoms with Gasteiger partial charge in [-0.25, -0.2) is 0 Å². The molecule has 1 saturated heterocycles. The highest BCUT2D eigenvalue weighted by Crippen LogP contribution is 2.36. The minimum absolute atomic E-state index is 0.126. The fourth-order valence-corrected chi connectivity index (χ4v) is 4.50. The highest BCUT2D eigenvalue weighted by molar-refractivity contribution is 7.86. The zero-order valence-corrected chi connectivity index (χ0v) is 12.8. The topological polar surface area (TPSA) is 40.6 Å². The normalized spacial score (nSPS) is 25.6. The first kappa shape index (κ1) is 14.6. The third-order valence-electron chi connectivity index (χ3n) is 4.36. The smallest absolute Gasteiger partial charge is 0.195 e. The van der Waals surface area contributed by atoms with Gasteiger partial charge < -0.3 is 0 Å². The van der Waals surface area contributed by atoms with Crippen LogP contribution in [0.25, 0.3) is 0 Å². The molecule has 0 aromatic heterocycles. The summed E-state index contributed by atoms with van der Waals surface area (Å²) in [7, 11) is -1.56. The molecule has 1 unspecified atom stereocenters. The highest BCUT2D eigenvalue weighted by atomic mass is 35.5. The molecule has 1 aliphatic carbocycles. The second-order valence-electron chi connectivity index (χ2n) is 5.60. The number of halogens is 1. The van der Waals surface area contributed by atoms with Crippen molar-refractivity contribution >= 4 is 21.8 Å². The summed E-state index contributed by atoms with van der Waals surface area (Å²) in [5, 5.41) is 0. The Balaban J connectivity index is 1.97. The lowest BCUT2D eigenvalue weighted by Gasteiger charge is -2.35. The van der Waals surface area contributed by atoms with Crippen LogP contribution in [0.1, 0.15) is 32.6 Å². The fraction of sp³-hybridized carbons (Fsp3) is 1.00. The Hall–Kier alpha value is 0.160. The van der Waals surface area contributed by atoms with Gasteiger partial charge in [0.2, 0.25) is 0 Å². The summed E-state index contributed by atoms with van der Waals surface area (Å²) < 4.78 is 28.1. The number of nitrogens with zero attached hydrogens (tertiary/aromatic N) is 2. The molecule has 106 valence electrons. The second-order valence-corrected chi connectivity index (χ2v) is 7.90. The van der Waals surface area contributed by atoms with Crippen molar-refractivity contribution in [1.29, 1.82) is 0 Å². The second kappa shape index (κ2) is 5.65. The van der Waals surface area contributed by atoms with Crippen molar-refractivity contribution in [3.63, 3.8) is 0 Å². The highest BCUT2D eigenvalue weighted by Gasteiger charge is 2.38. The Bertz CT molecular complexity index is 376. The summed E-state index contributed by atoms with van der Waals surface area (Å²) in [6, 6.07) is 0.126. The van der Waals surface area contributed by atoms with Crippen LogP contribution in [0, 0.1) is 11.8 Å². The standard InChI is InChI=1S/C12H23ClN2O2S/c1-10(12-3-4-12)14(2)18(16,17)15-7-5-11(9-13)6-8-15/h10-12H,3-9H2,1-2H3. The fourth-order valence-electron chi connectivity index (χ4n) is 2.56. The van der Waals surface area contributed by atoms with E-state index in [0.29, 0.717) is 30.8 Å². The predicted molar refractivity (Wildman–Crippen MR) is 73.9 cm³/mol. The van der Waals surface area contributed by atoms with E-state index in [1.54, 1.807) is 15.7 Å². The number of rotatable bonds is 5. The van der Waals surface area contributed by atoms with Crippen LogP contribution in [0.15, 0.2) is 0 Å². The molecule has 0 amide bonds. The molecule has 1 heterocycles. The lowest BCUT2D eigenvalue weighted by Crippen LogP contribution is -2.49. The van der Waals surface area contributed by atoms with Crippen LogP contribution in [0.4, 0.5) is 0 Å². The van der Waals surface area contributed by atoms with E-state index in [-0.39, 0.29) is 6.04 Å². The molecule has 0 aromatic rings. The predicted octanol–water partition coefficient (Wildman–Crippen LogP) is 1.91. The zero-order chi connectivity index (χ0) is 13.3. The maximum Gasteiger partial charge on any atom is 0.281 e. The summed E-state index contributed by atoms with van der Waals surface area (Å²) in [5.41, 5.74) is 0. The largest absolute Gasteiger partial charge is 0.281 e. The molecule has 1 atom stereocenters. The number of hydrogen-bond acceptors (Lipinski definition) is 2. The van der Waals surface area contributed by atoms with E-state index in [9.17, 15) is 8.42 Å². The van der Waals surface area contributed by atoms with E-state index in [2.05, 4.69) is 0 Å². The van der Waals surface area contributed by atoms with Gasteiger partial charge in [-0.3, -0.25) is 0 Å². The van der Waals surface area contributed by atoms with Gasteiger partial charge in [-0.05, 0) is 44.4 Å². The Kier molecular flexibility index (Phi) is 4.57. The van der Waals surface area contributed by atoms with E-state index >= 15 is 0 Å². The van der Waals surface area contributed by atoms with Crippen molar-refractivity contribution in [2.45, 2.75) is 38.6 Å². The van der Waals surface area contributed by atoms with E-state index in [1.165, 1.54) is 0 Å². The number of hydrogen-bond donors (Lipinski definition) is 0. The molecule has 0 bridgehead atoms. The first-order valence-electron chi connectivity index (χ1n) is 6.76. The first-order valence-corrected chi connectivity index (χ1v) is 8.69. The first-order chi connectivity index (χ1) is 8.46. The van der Waals surface area contributed by atoms with Crippen LogP contribution in [-0.4, -0.2) is 49.1 Å². The average Bonchev–Trinajstić information content (AvgIpc) is 3.21. The molecule has 2 fully saturated rings. The molecule has 2 aliphatic rings. The summed E-state index contributed by atoms with van der Waals surface area (Å²) in [6.07, 6.45) is 4.09. The van der Waals surface area contributed by atoms with Gasteiger partial charge in [-0.2, -0.15) is 17.0 Å². The van der Waals surface area contributed by atoms with Gasteiger partial charge in [-0.1, -0.05) is 0 Å².